The topological polar surface area (TPSA) is 70.1 Å². The van der Waals surface area contributed by atoms with Gasteiger partial charge in [-0.05, 0) is 48.9 Å². The molecule has 3 aromatic rings. The smallest absolute Gasteiger partial charge is 0.316 e. The van der Waals surface area contributed by atoms with Crippen LogP contribution in [0.4, 0.5) is 5.82 Å². The minimum absolute atomic E-state index is 0.135. The van der Waals surface area contributed by atoms with E-state index in [-0.39, 0.29) is 12.0 Å². The fourth-order valence-electron chi connectivity index (χ4n) is 3.76. The SMILES string of the molecule is COC(=O)C1(c2ccc(-c3ccc(-c4cnn(C(C)C)c4N)cc3)cc2)CC1. The number of ether oxygens (including phenoxy) is 1. The van der Waals surface area contributed by atoms with Crippen LogP contribution >= 0.6 is 0 Å². The number of hydrogen-bond donors (Lipinski definition) is 1. The van der Waals surface area contributed by atoms with Crippen molar-refractivity contribution in [1.29, 1.82) is 0 Å². The van der Waals surface area contributed by atoms with Crippen LogP contribution in [-0.2, 0) is 14.9 Å². The Kier molecular flexibility index (Phi) is 4.46. The first-order valence-corrected chi connectivity index (χ1v) is 9.59. The van der Waals surface area contributed by atoms with Crippen molar-refractivity contribution in [2.24, 2.45) is 0 Å². The van der Waals surface area contributed by atoms with E-state index in [9.17, 15) is 4.79 Å². The summed E-state index contributed by atoms with van der Waals surface area (Å²) in [4.78, 5) is 12.1. The molecule has 1 fully saturated rings. The Labute approximate surface area is 165 Å². The molecule has 0 spiro atoms. The maximum absolute atomic E-state index is 12.1. The van der Waals surface area contributed by atoms with Crippen molar-refractivity contribution in [2.75, 3.05) is 12.8 Å². The molecule has 0 unspecified atom stereocenters. The van der Waals surface area contributed by atoms with Gasteiger partial charge in [-0.1, -0.05) is 48.5 Å². The standard InChI is InChI=1S/C23H25N3O2/c1-15(2)26-21(24)20(14-25-26)18-6-4-16(5-7-18)17-8-10-19(11-9-17)23(12-13-23)22(27)28-3/h4-11,14-15H,12-13,24H2,1-3H3. The first kappa shape index (κ1) is 18.3. The summed E-state index contributed by atoms with van der Waals surface area (Å²) in [6.45, 7) is 4.12. The van der Waals surface area contributed by atoms with Gasteiger partial charge < -0.3 is 10.5 Å². The zero-order valence-corrected chi connectivity index (χ0v) is 16.5. The molecular weight excluding hydrogens is 350 g/mol. The summed E-state index contributed by atoms with van der Waals surface area (Å²) < 4.78 is 6.80. The lowest BCUT2D eigenvalue weighted by Gasteiger charge is -2.13. The lowest BCUT2D eigenvalue weighted by Crippen LogP contribution is -2.21. The highest BCUT2D eigenvalue weighted by Gasteiger charge is 2.52. The van der Waals surface area contributed by atoms with Crippen LogP contribution < -0.4 is 5.73 Å². The third-order valence-electron chi connectivity index (χ3n) is 5.62. The second-order valence-electron chi connectivity index (χ2n) is 7.71. The molecule has 2 aromatic carbocycles. The average Bonchev–Trinajstić information content (AvgIpc) is 3.44. The van der Waals surface area contributed by atoms with Gasteiger partial charge in [0.25, 0.3) is 0 Å². The van der Waals surface area contributed by atoms with Crippen molar-refractivity contribution in [3.05, 3.63) is 60.3 Å². The number of nitrogens with zero attached hydrogens (tertiary/aromatic N) is 2. The number of carbonyl (C=O) groups excluding carboxylic acids is 1. The number of carbonyl (C=O) groups is 1. The average molecular weight is 375 g/mol. The van der Waals surface area contributed by atoms with Gasteiger partial charge in [-0.15, -0.1) is 0 Å². The number of aromatic nitrogens is 2. The maximum atomic E-state index is 12.1. The largest absolute Gasteiger partial charge is 0.468 e. The van der Waals surface area contributed by atoms with E-state index in [0.29, 0.717) is 5.82 Å². The van der Waals surface area contributed by atoms with Crippen LogP contribution in [0.15, 0.2) is 54.7 Å². The monoisotopic (exact) mass is 375 g/mol. The van der Waals surface area contributed by atoms with Crippen molar-refractivity contribution in [1.82, 2.24) is 9.78 Å². The highest BCUT2D eigenvalue weighted by molar-refractivity contribution is 5.87. The van der Waals surface area contributed by atoms with Crippen LogP contribution in [0.1, 0.15) is 38.3 Å². The van der Waals surface area contributed by atoms with Gasteiger partial charge in [-0.25, -0.2) is 4.68 Å². The minimum Gasteiger partial charge on any atom is -0.468 e. The molecule has 0 saturated heterocycles. The number of esters is 1. The Morgan fingerprint density at radius 3 is 2.04 bits per heavy atom. The van der Waals surface area contributed by atoms with Gasteiger partial charge in [0, 0.05) is 11.6 Å². The van der Waals surface area contributed by atoms with Crippen LogP contribution in [0.25, 0.3) is 22.3 Å². The Balaban J connectivity index is 1.57. The van der Waals surface area contributed by atoms with E-state index in [0.717, 1.165) is 40.7 Å². The van der Waals surface area contributed by atoms with Gasteiger partial charge in [-0.2, -0.15) is 5.10 Å². The zero-order valence-electron chi connectivity index (χ0n) is 16.5. The van der Waals surface area contributed by atoms with Gasteiger partial charge in [-0.3, -0.25) is 4.79 Å². The predicted octanol–water partition coefficient (Wildman–Crippen LogP) is 4.58. The fraction of sp³-hybridized carbons (Fsp3) is 0.304. The van der Waals surface area contributed by atoms with E-state index in [1.807, 2.05) is 23.0 Å². The molecule has 0 radical (unpaired) electrons. The molecule has 0 aliphatic heterocycles. The van der Waals surface area contributed by atoms with Crippen LogP contribution in [-0.4, -0.2) is 22.9 Å². The van der Waals surface area contributed by atoms with Crippen molar-refractivity contribution >= 4 is 11.8 Å². The van der Waals surface area contributed by atoms with E-state index in [4.69, 9.17) is 10.5 Å². The van der Waals surface area contributed by atoms with Crippen LogP contribution in [0.2, 0.25) is 0 Å². The van der Waals surface area contributed by atoms with Crippen molar-refractivity contribution < 1.29 is 9.53 Å². The molecule has 0 bridgehead atoms. The summed E-state index contributed by atoms with van der Waals surface area (Å²) >= 11 is 0. The zero-order chi connectivity index (χ0) is 19.9. The predicted molar refractivity (Wildman–Crippen MR) is 111 cm³/mol. The first-order chi connectivity index (χ1) is 13.5. The number of benzene rings is 2. The third-order valence-corrected chi connectivity index (χ3v) is 5.62. The van der Waals surface area contributed by atoms with Gasteiger partial charge in [0.15, 0.2) is 0 Å². The number of anilines is 1. The van der Waals surface area contributed by atoms with Crippen molar-refractivity contribution in [3.63, 3.8) is 0 Å². The second-order valence-corrected chi connectivity index (χ2v) is 7.71. The normalized spacial score (nSPS) is 14.9. The second kappa shape index (κ2) is 6.82. The molecule has 5 nitrogen and oxygen atoms in total. The Bertz CT molecular complexity index is 997. The summed E-state index contributed by atoms with van der Waals surface area (Å²) in [5.74, 6) is 0.550. The quantitative estimate of drug-likeness (QED) is 0.663. The molecule has 2 N–H and O–H groups in total. The molecule has 5 heteroatoms. The summed E-state index contributed by atoms with van der Waals surface area (Å²) in [5, 5.41) is 4.39. The molecule has 4 rings (SSSR count). The summed E-state index contributed by atoms with van der Waals surface area (Å²) in [6.07, 6.45) is 3.54. The first-order valence-electron chi connectivity index (χ1n) is 9.59. The van der Waals surface area contributed by atoms with Gasteiger partial charge in [0.05, 0.1) is 18.7 Å². The Morgan fingerprint density at radius 1 is 1.04 bits per heavy atom. The van der Waals surface area contributed by atoms with Crippen molar-refractivity contribution in [3.8, 4) is 22.3 Å². The molecular formula is C23H25N3O2. The molecule has 1 aliphatic carbocycles. The van der Waals surface area contributed by atoms with Gasteiger partial charge in [0.2, 0.25) is 0 Å². The fourth-order valence-corrected chi connectivity index (χ4v) is 3.76. The number of methoxy groups -OCH3 is 1. The van der Waals surface area contributed by atoms with E-state index >= 15 is 0 Å². The Morgan fingerprint density at radius 2 is 1.57 bits per heavy atom. The highest BCUT2D eigenvalue weighted by atomic mass is 16.5. The highest BCUT2D eigenvalue weighted by Crippen LogP contribution is 2.49. The van der Waals surface area contributed by atoms with Crippen LogP contribution in [0.3, 0.4) is 0 Å². The third kappa shape index (κ3) is 2.97. The molecule has 1 heterocycles. The van der Waals surface area contributed by atoms with E-state index in [2.05, 4.69) is 55.3 Å². The van der Waals surface area contributed by atoms with Gasteiger partial charge in [0.1, 0.15) is 5.82 Å². The molecule has 1 aromatic heterocycles. The summed E-state index contributed by atoms with van der Waals surface area (Å²) in [5.41, 5.74) is 11.1. The molecule has 144 valence electrons. The lowest BCUT2D eigenvalue weighted by atomic mass is 9.93. The maximum Gasteiger partial charge on any atom is 0.316 e. The Hall–Kier alpha value is -3.08. The van der Waals surface area contributed by atoms with Gasteiger partial charge >= 0.3 is 5.97 Å². The lowest BCUT2D eigenvalue weighted by molar-refractivity contribution is -0.143. The number of nitrogens with two attached hydrogens (primary N) is 1. The number of nitrogen functional groups attached to an aromatic ring is 1. The van der Waals surface area contributed by atoms with E-state index < -0.39 is 5.41 Å². The number of rotatable bonds is 5. The van der Waals surface area contributed by atoms with Crippen molar-refractivity contribution in [2.45, 2.75) is 38.1 Å². The minimum atomic E-state index is -0.425. The van der Waals surface area contributed by atoms with Crippen LogP contribution in [0, 0.1) is 0 Å². The molecule has 0 atom stereocenters. The number of hydrogen-bond acceptors (Lipinski definition) is 4. The molecule has 1 saturated carbocycles. The summed E-state index contributed by atoms with van der Waals surface area (Å²) in [6, 6.07) is 16.8. The molecule has 1 aliphatic rings. The molecule has 0 amide bonds. The van der Waals surface area contributed by atoms with E-state index in [1.165, 1.54) is 7.11 Å². The van der Waals surface area contributed by atoms with E-state index in [1.54, 1.807) is 0 Å². The van der Waals surface area contributed by atoms with Crippen LogP contribution in [0.5, 0.6) is 0 Å². The molecule has 28 heavy (non-hydrogen) atoms. The summed E-state index contributed by atoms with van der Waals surface area (Å²) in [7, 11) is 1.45.